The first kappa shape index (κ1) is 23.0. The number of halogens is 1. The summed E-state index contributed by atoms with van der Waals surface area (Å²) in [7, 11) is 3.29. The van der Waals surface area contributed by atoms with Gasteiger partial charge in [-0.1, -0.05) is 18.2 Å². The van der Waals surface area contributed by atoms with E-state index in [0.29, 0.717) is 19.5 Å². The molecule has 34 heavy (non-hydrogen) atoms. The Balaban J connectivity index is 1.44. The van der Waals surface area contributed by atoms with Crippen molar-refractivity contribution in [1.29, 1.82) is 0 Å². The van der Waals surface area contributed by atoms with E-state index in [1.165, 1.54) is 22.1 Å². The van der Waals surface area contributed by atoms with Gasteiger partial charge < -0.3 is 25.9 Å². The van der Waals surface area contributed by atoms with Gasteiger partial charge in [-0.2, -0.15) is 0 Å². The third-order valence-corrected chi connectivity index (χ3v) is 7.61. The van der Waals surface area contributed by atoms with Gasteiger partial charge in [0.05, 0.1) is 24.6 Å². The van der Waals surface area contributed by atoms with Crippen LogP contribution in [0.3, 0.4) is 0 Å². The molecule has 0 radical (unpaired) electrons. The summed E-state index contributed by atoms with van der Waals surface area (Å²) in [5.74, 6) is 0.839. The maximum atomic E-state index is 12.3. The maximum absolute atomic E-state index is 12.3. The molecule has 2 aromatic carbocycles. The summed E-state index contributed by atoms with van der Waals surface area (Å²) >= 11 is 3.51. The molecule has 0 unspecified atom stereocenters. The Bertz CT molecular complexity index is 1280. The number of nitrogens with one attached hydrogen (secondary N) is 1. The van der Waals surface area contributed by atoms with Crippen molar-refractivity contribution in [2.45, 2.75) is 24.9 Å². The molecule has 3 aromatic rings. The number of nitrogens with zero attached hydrogens (tertiary/aromatic N) is 1. The third kappa shape index (κ3) is 4.00. The maximum Gasteiger partial charge on any atom is 0.225 e. The number of fused-ring (bicyclic) bond motifs is 2. The quantitative estimate of drug-likeness (QED) is 0.439. The monoisotopic (exact) mass is 524 g/mol. The lowest BCUT2D eigenvalue weighted by Crippen LogP contribution is -2.52. The number of benzene rings is 2. The molecular weight excluding hydrogens is 496 g/mol. The number of hydrogen-bond acceptors (Lipinski definition) is 5. The molecule has 1 aliphatic heterocycles. The molecule has 0 fully saturated rings. The zero-order chi connectivity index (χ0) is 24.0. The van der Waals surface area contributed by atoms with Gasteiger partial charge in [0.1, 0.15) is 11.5 Å². The molecule has 0 saturated carbocycles. The fourth-order valence-electron chi connectivity index (χ4n) is 5.44. The van der Waals surface area contributed by atoms with Crippen molar-refractivity contribution in [3.05, 3.63) is 63.8 Å². The average molecular weight is 525 g/mol. The molecule has 0 bridgehead atoms. The van der Waals surface area contributed by atoms with Crippen LogP contribution in [0, 0.1) is 5.92 Å². The van der Waals surface area contributed by atoms with Gasteiger partial charge in [0.2, 0.25) is 5.91 Å². The number of hydrogen-bond donors (Lipinski definition) is 3. The molecule has 1 amide bonds. The minimum atomic E-state index is -0.350. The highest BCUT2D eigenvalue weighted by atomic mass is 79.9. The lowest BCUT2D eigenvalue weighted by atomic mass is 9.79. The standard InChI is InChI=1S/C26H29BrN4O3/c1-33-23-10-20(27)24(34-2)9-14(23)6-17(28)13-31-12-16(26(29)32)7-19-18-4-3-5-21-25(18)15(11-30-21)8-22(19)31/h3-5,7,9-11,16-17,22,30H,6,8,12-13,28H2,1-2H3,(H2,29,32)/t16-,17+,22+/m1/s1. The molecule has 3 atom stereocenters. The van der Waals surface area contributed by atoms with E-state index in [2.05, 4.69) is 56.3 Å². The second-order valence-corrected chi connectivity index (χ2v) is 9.96. The van der Waals surface area contributed by atoms with Crippen molar-refractivity contribution in [2.75, 3.05) is 27.3 Å². The number of nitrogens with two attached hydrogens (primary N) is 2. The first-order valence-corrected chi connectivity index (χ1v) is 12.2. The number of ether oxygens (including phenoxy) is 2. The van der Waals surface area contributed by atoms with Gasteiger partial charge in [-0.3, -0.25) is 9.69 Å². The van der Waals surface area contributed by atoms with Crippen LogP contribution in [-0.4, -0.2) is 55.2 Å². The lowest BCUT2D eigenvalue weighted by Gasteiger charge is -2.42. The Morgan fingerprint density at radius 3 is 2.79 bits per heavy atom. The van der Waals surface area contributed by atoms with E-state index in [1.807, 2.05) is 12.1 Å². The normalized spacial score (nSPS) is 20.5. The van der Waals surface area contributed by atoms with Crippen molar-refractivity contribution >= 4 is 38.3 Å². The van der Waals surface area contributed by atoms with Crippen LogP contribution in [0.4, 0.5) is 0 Å². The summed E-state index contributed by atoms with van der Waals surface area (Å²) in [6.07, 6.45) is 5.66. The fourth-order valence-corrected chi connectivity index (χ4v) is 5.92. The molecule has 7 nitrogen and oxygen atoms in total. The Morgan fingerprint density at radius 1 is 1.26 bits per heavy atom. The number of amides is 1. The van der Waals surface area contributed by atoms with E-state index in [9.17, 15) is 4.79 Å². The summed E-state index contributed by atoms with van der Waals surface area (Å²) in [5, 5.41) is 1.24. The van der Waals surface area contributed by atoms with Gasteiger partial charge in [0.15, 0.2) is 0 Å². The van der Waals surface area contributed by atoms with E-state index >= 15 is 0 Å². The minimum Gasteiger partial charge on any atom is -0.496 e. The number of H-pyrrole nitrogens is 1. The molecule has 1 aromatic heterocycles. The summed E-state index contributed by atoms with van der Waals surface area (Å²) < 4.78 is 11.9. The van der Waals surface area contributed by atoms with Crippen molar-refractivity contribution in [2.24, 2.45) is 17.4 Å². The molecule has 2 heterocycles. The highest BCUT2D eigenvalue weighted by molar-refractivity contribution is 9.10. The van der Waals surface area contributed by atoms with Crippen molar-refractivity contribution in [3.8, 4) is 11.5 Å². The minimum absolute atomic E-state index is 0.150. The molecular formula is C26H29BrN4O3. The Morgan fingerprint density at radius 2 is 2.06 bits per heavy atom. The van der Waals surface area contributed by atoms with Crippen LogP contribution in [0.1, 0.15) is 16.7 Å². The van der Waals surface area contributed by atoms with Crippen molar-refractivity contribution < 1.29 is 14.3 Å². The van der Waals surface area contributed by atoms with Crippen LogP contribution < -0.4 is 20.9 Å². The second-order valence-electron chi connectivity index (χ2n) is 9.11. The number of carbonyl (C=O) groups is 1. The molecule has 5 N–H and O–H groups in total. The van der Waals surface area contributed by atoms with Gasteiger partial charge in [-0.25, -0.2) is 0 Å². The van der Waals surface area contributed by atoms with Crippen LogP contribution >= 0.6 is 15.9 Å². The van der Waals surface area contributed by atoms with E-state index in [-0.39, 0.29) is 23.9 Å². The Labute approximate surface area is 207 Å². The number of aromatic amines is 1. The highest BCUT2D eigenvalue weighted by Crippen LogP contribution is 2.41. The van der Waals surface area contributed by atoms with E-state index in [0.717, 1.165) is 33.5 Å². The van der Waals surface area contributed by atoms with Gasteiger partial charge in [-0.05, 0) is 69.2 Å². The zero-order valence-electron chi connectivity index (χ0n) is 19.3. The van der Waals surface area contributed by atoms with E-state index in [4.69, 9.17) is 20.9 Å². The van der Waals surface area contributed by atoms with Crippen LogP contribution in [-0.2, 0) is 17.6 Å². The molecule has 178 valence electrons. The van der Waals surface area contributed by atoms with Gasteiger partial charge >= 0.3 is 0 Å². The predicted molar refractivity (Wildman–Crippen MR) is 137 cm³/mol. The fraction of sp³-hybridized carbons (Fsp3) is 0.346. The SMILES string of the molecule is COc1cc(C[C@H](N)CN2C[C@H](C(N)=O)C=C3c4cccc5[nH]cc(c45)C[C@@H]32)c(OC)cc1Br. The van der Waals surface area contributed by atoms with Gasteiger partial charge in [0, 0.05) is 42.3 Å². The summed E-state index contributed by atoms with van der Waals surface area (Å²) in [6, 6.07) is 10.1. The first-order chi connectivity index (χ1) is 16.4. The molecule has 5 rings (SSSR count). The van der Waals surface area contributed by atoms with Crippen LogP contribution in [0.15, 0.2) is 47.1 Å². The summed E-state index contributed by atoms with van der Waals surface area (Å²) in [5.41, 5.74) is 18.2. The molecule has 0 spiro atoms. The number of carbonyl (C=O) groups excluding carboxylic acids is 1. The lowest BCUT2D eigenvalue weighted by molar-refractivity contribution is -0.121. The summed E-state index contributed by atoms with van der Waals surface area (Å²) in [4.78, 5) is 18.0. The van der Waals surface area contributed by atoms with E-state index in [1.54, 1.807) is 14.2 Å². The van der Waals surface area contributed by atoms with Crippen LogP contribution in [0.25, 0.3) is 16.5 Å². The molecule has 1 aliphatic carbocycles. The van der Waals surface area contributed by atoms with E-state index < -0.39 is 0 Å². The smallest absolute Gasteiger partial charge is 0.225 e. The number of aromatic nitrogens is 1. The predicted octanol–water partition coefficient (Wildman–Crippen LogP) is 3.24. The highest BCUT2D eigenvalue weighted by Gasteiger charge is 2.37. The van der Waals surface area contributed by atoms with Crippen LogP contribution in [0.2, 0.25) is 0 Å². The van der Waals surface area contributed by atoms with Crippen molar-refractivity contribution in [1.82, 2.24) is 9.88 Å². The topological polar surface area (TPSA) is 107 Å². The Hall–Kier alpha value is -2.81. The zero-order valence-corrected chi connectivity index (χ0v) is 20.9. The molecule has 0 saturated heterocycles. The number of methoxy groups -OCH3 is 2. The second kappa shape index (κ2) is 9.09. The summed E-state index contributed by atoms with van der Waals surface area (Å²) in [6.45, 7) is 1.19. The number of primary amides is 1. The molecule has 8 heteroatoms. The largest absolute Gasteiger partial charge is 0.496 e. The Kier molecular flexibility index (Phi) is 6.14. The third-order valence-electron chi connectivity index (χ3n) is 6.99. The van der Waals surface area contributed by atoms with Crippen LogP contribution in [0.5, 0.6) is 11.5 Å². The first-order valence-electron chi connectivity index (χ1n) is 11.4. The average Bonchev–Trinajstić information content (AvgIpc) is 3.24. The molecule has 2 aliphatic rings. The number of rotatable bonds is 7. The van der Waals surface area contributed by atoms with Gasteiger partial charge in [-0.15, -0.1) is 0 Å². The van der Waals surface area contributed by atoms with Gasteiger partial charge in [0.25, 0.3) is 0 Å². The van der Waals surface area contributed by atoms with Crippen molar-refractivity contribution in [3.63, 3.8) is 0 Å².